The zero-order valence-corrected chi connectivity index (χ0v) is 17.3. The number of carbonyl (C=O) groups is 1. The fourth-order valence-corrected chi connectivity index (χ4v) is 2.91. The minimum absolute atomic E-state index is 0.0282. The predicted molar refractivity (Wildman–Crippen MR) is 115 cm³/mol. The second-order valence-corrected chi connectivity index (χ2v) is 6.61. The Morgan fingerprint density at radius 3 is 2.71 bits per heavy atom. The molecule has 15 heteroatoms. The average Bonchev–Trinajstić information content (AvgIpc) is 3.46. The molecule has 15 nitrogen and oxygen atoms in total. The maximum atomic E-state index is 12.8. The molecule has 0 saturated heterocycles. The van der Waals surface area contributed by atoms with Crippen LogP contribution in [0.3, 0.4) is 0 Å². The molecule has 4 aromatic rings. The summed E-state index contributed by atoms with van der Waals surface area (Å²) in [6.07, 6.45) is 1.33. The Hall–Kier alpha value is -5.34. The molecule has 2 aromatic heterocycles. The van der Waals surface area contributed by atoms with Crippen LogP contribution in [0.2, 0.25) is 0 Å². The van der Waals surface area contributed by atoms with Gasteiger partial charge in [0.25, 0.3) is 11.6 Å². The third kappa shape index (κ3) is 4.20. The Kier molecular flexibility index (Phi) is 5.81. The van der Waals surface area contributed by atoms with E-state index in [9.17, 15) is 20.0 Å². The number of aromatic hydroxyl groups is 1. The first-order valence-electron chi connectivity index (χ1n) is 9.38. The molecule has 0 radical (unpaired) electrons. The van der Waals surface area contributed by atoms with E-state index in [4.69, 9.17) is 10.5 Å². The summed E-state index contributed by atoms with van der Waals surface area (Å²) in [5.41, 5.74) is 8.77. The first-order chi connectivity index (χ1) is 16.4. The van der Waals surface area contributed by atoms with Crippen molar-refractivity contribution in [2.24, 2.45) is 5.10 Å². The lowest BCUT2D eigenvalue weighted by molar-refractivity contribution is -0.384. The van der Waals surface area contributed by atoms with Crippen molar-refractivity contribution < 1.29 is 24.2 Å². The summed E-state index contributed by atoms with van der Waals surface area (Å²) in [7, 11) is 1.40. The maximum absolute atomic E-state index is 12.8. The van der Waals surface area contributed by atoms with E-state index in [1.807, 2.05) is 0 Å². The Labute approximate surface area is 189 Å². The molecule has 0 spiro atoms. The number of hydrogen-bond donors (Lipinski definition) is 3. The number of nitrogens with two attached hydrogens (primary N) is 1. The number of carbonyl (C=O) groups excluding carboxylic acids is 1. The van der Waals surface area contributed by atoms with Crippen molar-refractivity contribution in [3.05, 3.63) is 63.8 Å². The van der Waals surface area contributed by atoms with E-state index in [0.717, 1.165) is 4.68 Å². The number of methoxy groups -OCH3 is 1. The van der Waals surface area contributed by atoms with Gasteiger partial charge >= 0.3 is 0 Å². The van der Waals surface area contributed by atoms with Crippen LogP contribution < -0.4 is 15.9 Å². The van der Waals surface area contributed by atoms with E-state index < -0.39 is 10.8 Å². The average molecular weight is 465 g/mol. The number of phenolic OH excluding ortho intramolecular Hbond substituents is 1. The molecule has 4 rings (SSSR count). The van der Waals surface area contributed by atoms with Crippen LogP contribution in [-0.4, -0.2) is 54.6 Å². The number of non-ortho nitro benzene ring substituents is 1. The van der Waals surface area contributed by atoms with Crippen molar-refractivity contribution in [1.29, 1.82) is 0 Å². The van der Waals surface area contributed by atoms with Gasteiger partial charge in [0.15, 0.2) is 17.2 Å². The molecule has 34 heavy (non-hydrogen) atoms. The number of aromatic nitrogens is 5. The number of anilines is 1. The number of rotatable bonds is 7. The minimum Gasteiger partial charge on any atom is -0.504 e. The first kappa shape index (κ1) is 21.9. The van der Waals surface area contributed by atoms with E-state index in [1.165, 1.54) is 49.7 Å². The van der Waals surface area contributed by atoms with Gasteiger partial charge in [-0.05, 0) is 46.2 Å². The van der Waals surface area contributed by atoms with Gasteiger partial charge in [0.2, 0.25) is 11.6 Å². The molecular weight excluding hydrogens is 450 g/mol. The second-order valence-electron chi connectivity index (χ2n) is 6.61. The van der Waals surface area contributed by atoms with Gasteiger partial charge in [-0.15, -0.1) is 5.10 Å². The Morgan fingerprint density at radius 2 is 2.06 bits per heavy atom. The number of amides is 1. The minimum atomic E-state index is -0.739. The summed E-state index contributed by atoms with van der Waals surface area (Å²) in [4.78, 5) is 23.3. The number of nitrogens with one attached hydrogen (secondary N) is 1. The number of hydrazone groups is 1. The van der Waals surface area contributed by atoms with E-state index in [0.29, 0.717) is 11.1 Å². The molecule has 0 fully saturated rings. The number of benzene rings is 2. The fourth-order valence-electron chi connectivity index (χ4n) is 2.91. The van der Waals surface area contributed by atoms with Gasteiger partial charge in [-0.3, -0.25) is 14.9 Å². The van der Waals surface area contributed by atoms with E-state index in [1.54, 1.807) is 6.07 Å². The molecular formula is C19H15N9O6. The van der Waals surface area contributed by atoms with Gasteiger partial charge in [-0.1, -0.05) is 5.21 Å². The van der Waals surface area contributed by atoms with E-state index in [-0.39, 0.29) is 40.2 Å². The molecule has 0 unspecified atom stereocenters. The van der Waals surface area contributed by atoms with Crippen molar-refractivity contribution in [1.82, 2.24) is 30.7 Å². The number of hydrogen-bond acceptors (Lipinski definition) is 12. The summed E-state index contributed by atoms with van der Waals surface area (Å²) in [5, 5.41) is 39.5. The third-order valence-electron chi connectivity index (χ3n) is 4.52. The normalized spacial score (nSPS) is 11.0. The van der Waals surface area contributed by atoms with Crippen LogP contribution >= 0.6 is 0 Å². The van der Waals surface area contributed by atoms with Crippen molar-refractivity contribution in [3.8, 4) is 28.6 Å². The molecule has 0 bridgehead atoms. The molecule has 0 saturated carbocycles. The molecule has 172 valence electrons. The van der Waals surface area contributed by atoms with Crippen LogP contribution in [0.4, 0.5) is 11.5 Å². The Balaban J connectivity index is 1.67. The zero-order valence-electron chi connectivity index (χ0n) is 17.3. The van der Waals surface area contributed by atoms with Gasteiger partial charge < -0.3 is 15.6 Å². The highest BCUT2D eigenvalue weighted by atomic mass is 16.6. The number of nitrogens with zero attached hydrogens (tertiary/aromatic N) is 7. The van der Waals surface area contributed by atoms with Crippen LogP contribution in [0.1, 0.15) is 16.1 Å². The highest BCUT2D eigenvalue weighted by Crippen LogP contribution is 2.28. The standard InChI is InChI=1S/C19H15N9O6/c1-33-14-8-10(2-7-13(14)29)9-21-23-19(30)15-16(11-3-5-12(6-4-11)28(31)32)27(26-22-15)18-17(20)24-34-25-18/h2-9,29H,1H3,(H2,20,24)(H,23,30)/b21-9-. The maximum Gasteiger partial charge on any atom is 0.294 e. The van der Waals surface area contributed by atoms with E-state index in [2.05, 4.69) is 35.8 Å². The van der Waals surface area contributed by atoms with Crippen LogP contribution in [0, 0.1) is 10.1 Å². The SMILES string of the molecule is COc1cc(/C=N\NC(=O)c2nnn(-c3nonc3N)c2-c2ccc([N+](=O)[O-])cc2)ccc1O. The molecule has 0 aliphatic heterocycles. The smallest absolute Gasteiger partial charge is 0.294 e. The summed E-state index contributed by atoms with van der Waals surface area (Å²) in [5.74, 6) is -0.692. The van der Waals surface area contributed by atoms with Crippen molar-refractivity contribution >= 4 is 23.6 Å². The number of phenols is 1. The number of nitro benzene ring substituents is 1. The van der Waals surface area contributed by atoms with Crippen LogP contribution in [-0.2, 0) is 0 Å². The van der Waals surface area contributed by atoms with Crippen molar-refractivity contribution in [3.63, 3.8) is 0 Å². The largest absolute Gasteiger partial charge is 0.504 e. The monoisotopic (exact) mass is 465 g/mol. The number of ether oxygens (including phenoxy) is 1. The van der Waals surface area contributed by atoms with Crippen LogP contribution in [0.25, 0.3) is 17.1 Å². The number of nitrogen functional groups attached to an aromatic ring is 1. The van der Waals surface area contributed by atoms with Crippen LogP contribution in [0.15, 0.2) is 52.2 Å². The summed E-state index contributed by atoms with van der Waals surface area (Å²) >= 11 is 0. The van der Waals surface area contributed by atoms with Gasteiger partial charge in [0.05, 0.1) is 18.2 Å². The highest BCUT2D eigenvalue weighted by molar-refractivity contribution is 5.98. The molecule has 4 N–H and O–H groups in total. The summed E-state index contributed by atoms with van der Waals surface area (Å²) in [6, 6.07) is 9.84. The highest BCUT2D eigenvalue weighted by Gasteiger charge is 2.25. The van der Waals surface area contributed by atoms with Gasteiger partial charge in [0.1, 0.15) is 5.69 Å². The van der Waals surface area contributed by atoms with Gasteiger partial charge in [-0.25, -0.2) is 10.1 Å². The molecule has 1 amide bonds. The van der Waals surface area contributed by atoms with Crippen molar-refractivity contribution in [2.75, 3.05) is 12.8 Å². The van der Waals surface area contributed by atoms with Crippen molar-refractivity contribution in [2.45, 2.75) is 0 Å². The fraction of sp³-hybridized carbons (Fsp3) is 0.0526. The number of nitro groups is 1. The Morgan fingerprint density at radius 1 is 1.29 bits per heavy atom. The lowest BCUT2D eigenvalue weighted by atomic mass is 10.1. The van der Waals surface area contributed by atoms with Gasteiger partial charge in [-0.2, -0.15) is 9.78 Å². The lowest BCUT2D eigenvalue weighted by Crippen LogP contribution is -2.19. The van der Waals surface area contributed by atoms with Crippen LogP contribution in [0.5, 0.6) is 11.5 Å². The summed E-state index contributed by atoms with van der Waals surface area (Å²) < 4.78 is 10.7. The first-order valence-corrected chi connectivity index (χ1v) is 9.38. The second kappa shape index (κ2) is 9.03. The van der Waals surface area contributed by atoms with Gasteiger partial charge in [0, 0.05) is 17.7 Å². The lowest BCUT2D eigenvalue weighted by Gasteiger charge is -2.06. The predicted octanol–water partition coefficient (Wildman–Crippen LogP) is 1.29. The molecule has 0 aliphatic rings. The molecule has 2 aromatic carbocycles. The quantitative estimate of drug-likeness (QED) is 0.201. The zero-order chi connectivity index (χ0) is 24.2. The Bertz CT molecular complexity index is 1390. The molecule has 0 aliphatic carbocycles. The summed E-state index contributed by atoms with van der Waals surface area (Å²) in [6.45, 7) is 0. The van der Waals surface area contributed by atoms with E-state index >= 15 is 0 Å². The topological polar surface area (TPSA) is 210 Å². The third-order valence-corrected chi connectivity index (χ3v) is 4.52. The molecule has 2 heterocycles. The molecule has 0 atom stereocenters.